The third-order valence-electron chi connectivity index (χ3n) is 2.44. The van der Waals surface area contributed by atoms with Crippen molar-refractivity contribution in [2.45, 2.75) is 4.90 Å². The van der Waals surface area contributed by atoms with Crippen LogP contribution in [0.3, 0.4) is 0 Å². The van der Waals surface area contributed by atoms with Gasteiger partial charge >= 0.3 is 0 Å². The van der Waals surface area contributed by atoms with Crippen molar-refractivity contribution in [3.8, 4) is 0 Å². The second kappa shape index (κ2) is 6.08. The van der Waals surface area contributed by atoms with Gasteiger partial charge in [0.15, 0.2) is 5.82 Å². The van der Waals surface area contributed by atoms with Crippen LogP contribution in [0.25, 0.3) is 0 Å². The third-order valence-corrected chi connectivity index (χ3v) is 5.01. The highest BCUT2D eigenvalue weighted by molar-refractivity contribution is 9.10. The zero-order chi connectivity index (χ0) is 15.8. The molecule has 0 amide bonds. The van der Waals surface area contributed by atoms with Crippen LogP contribution in [0.2, 0.25) is 10.0 Å². The average molecular weight is 417 g/mol. The third kappa shape index (κ3) is 3.66. The Morgan fingerprint density at radius 1 is 1.05 bits per heavy atom. The van der Waals surface area contributed by atoms with Gasteiger partial charge in [-0.3, -0.25) is 4.72 Å². The lowest BCUT2D eigenvalue weighted by molar-refractivity contribution is 0.593. The molecule has 2 rings (SSSR count). The molecule has 2 aromatic rings. The van der Waals surface area contributed by atoms with Crippen molar-refractivity contribution in [1.29, 1.82) is 0 Å². The van der Waals surface area contributed by atoms with Crippen LogP contribution in [0.15, 0.2) is 39.7 Å². The maximum Gasteiger partial charge on any atom is 0.261 e. The molecular formula is C12H6BrCl2F2NO2S. The predicted molar refractivity (Wildman–Crippen MR) is 81.3 cm³/mol. The first-order valence-corrected chi connectivity index (χ1v) is 8.36. The van der Waals surface area contributed by atoms with Crippen LogP contribution >= 0.6 is 39.1 Å². The Hall–Kier alpha value is -0.890. The topological polar surface area (TPSA) is 46.2 Å². The summed E-state index contributed by atoms with van der Waals surface area (Å²) < 4.78 is 53.1. The van der Waals surface area contributed by atoms with E-state index in [-0.39, 0.29) is 25.1 Å². The first-order valence-electron chi connectivity index (χ1n) is 5.33. The fourth-order valence-corrected chi connectivity index (χ4v) is 3.26. The van der Waals surface area contributed by atoms with Gasteiger partial charge in [0.25, 0.3) is 10.0 Å². The number of hydrogen-bond acceptors (Lipinski definition) is 2. The summed E-state index contributed by atoms with van der Waals surface area (Å²) in [6.45, 7) is 0. The lowest BCUT2D eigenvalue weighted by Crippen LogP contribution is -2.13. The van der Waals surface area contributed by atoms with Gasteiger partial charge in [0.05, 0.1) is 25.1 Å². The molecule has 3 nitrogen and oxygen atoms in total. The second-order valence-electron chi connectivity index (χ2n) is 3.94. The number of benzene rings is 2. The van der Waals surface area contributed by atoms with Crippen LogP contribution in [0.5, 0.6) is 0 Å². The summed E-state index contributed by atoms with van der Waals surface area (Å²) in [5.41, 5.74) is -0.0327. The van der Waals surface area contributed by atoms with Gasteiger partial charge in [-0.2, -0.15) is 0 Å². The molecule has 0 radical (unpaired) electrons. The molecule has 1 N–H and O–H groups in total. The van der Waals surface area contributed by atoms with Gasteiger partial charge in [0, 0.05) is 0 Å². The first kappa shape index (κ1) is 16.5. The first-order chi connectivity index (χ1) is 9.70. The van der Waals surface area contributed by atoms with Crippen molar-refractivity contribution in [2.24, 2.45) is 0 Å². The SMILES string of the molecule is O=S(=O)(Nc1cc(Cl)c(F)c(Cl)c1)c1ccc(Br)c(F)c1. The Balaban J connectivity index is 2.39. The zero-order valence-corrected chi connectivity index (χ0v) is 13.9. The average Bonchev–Trinajstić information content (AvgIpc) is 2.38. The van der Waals surface area contributed by atoms with Crippen molar-refractivity contribution < 1.29 is 17.2 Å². The monoisotopic (exact) mass is 415 g/mol. The van der Waals surface area contributed by atoms with Crippen molar-refractivity contribution >= 4 is 54.8 Å². The lowest BCUT2D eigenvalue weighted by Gasteiger charge is -2.10. The number of halogens is 5. The minimum absolute atomic E-state index is 0.0327. The number of rotatable bonds is 3. The van der Waals surface area contributed by atoms with E-state index in [4.69, 9.17) is 23.2 Å². The smallest absolute Gasteiger partial charge is 0.261 e. The molecule has 0 heterocycles. The van der Waals surface area contributed by atoms with Crippen LogP contribution in [-0.4, -0.2) is 8.42 Å². The number of anilines is 1. The Kier molecular flexibility index (Phi) is 4.77. The molecule has 0 bridgehead atoms. The molecule has 0 aliphatic heterocycles. The molecule has 21 heavy (non-hydrogen) atoms. The van der Waals surface area contributed by atoms with Crippen molar-refractivity contribution in [3.63, 3.8) is 0 Å². The maximum atomic E-state index is 13.4. The fraction of sp³-hybridized carbons (Fsp3) is 0. The van der Waals surface area contributed by atoms with Gasteiger partial charge in [-0.25, -0.2) is 17.2 Å². The summed E-state index contributed by atoms with van der Waals surface area (Å²) in [6.07, 6.45) is 0. The molecule has 0 aliphatic rings. The van der Waals surface area contributed by atoms with Gasteiger partial charge in [0.1, 0.15) is 5.82 Å². The summed E-state index contributed by atoms with van der Waals surface area (Å²) in [5.74, 6) is -1.58. The molecule has 9 heteroatoms. The van der Waals surface area contributed by atoms with Gasteiger partial charge < -0.3 is 0 Å². The van der Waals surface area contributed by atoms with E-state index in [0.717, 1.165) is 18.2 Å². The van der Waals surface area contributed by atoms with E-state index in [1.165, 1.54) is 12.1 Å². The Bertz CT molecular complexity index is 792. The van der Waals surface area contributed by atoms with Gasteiger partial charge in [-0.05, 0) is 46.3 Å². The van der Waals surface area contributed by atoms with E-state index >= 15 is 0 Å². The van der Waals surface area contributed by atoms with Crippen LogP contribution in [-0.2, 0) is 10.0 Å². The van der Waals surface area contributed by atoms with E-state index in [0.29, 0.717) is 0 Å². The van der Waals surface area contributed by atoms with Gasteiger partial charge in [0.2, 0.25) is 0 Å². The second-order valence-corrected chi connectivity index (χ2v) is 7.29. The Morgan fingerprint density at radius 2 is 1.62 bits per heavy atom. The highest BCUT2D eigenvalue weighted by Gasteiger charge is 2.17. The molecule has 0 saturated carbocycles. The van der Waals surface area contributed by atoms with Crippen LogP contribution in [0.4, 0.5) is 14.5 Å². The Labute approximate surface area is 138 Å². The maximum absolute atomic E-state index is 13.4. The fourth-order valence-electron chi connectivity index (χ4n) is 1.47. The zero-order valence-electron chi connectivity index (χ0n) is 10.0. The number of sulfonamides is 1. The molecule has 0 saturated heterocycles. The largest absolute Gasteiger partial charge is 0.280 e. The molecule has 0 spiro atoms. The summed E-state index contributed by atoms with van der Waals surface area (Å²) in [6, 6.07) is 5.45. The van der Waals surface area contributed by atoms with Crippen molar-refractivity contribution in [2.75, 3.05) is 4.72 Å². The predicted octanol–water partition coefficient (Wildman–Crippen LogP) is 4.83. The summed E-state index contributed by atoms with van der Waals surface area (Å²) in [4.78, 5) is -0.292. The molecule has 0 aliphatic carbocycles. The number of nitrogens with one attached hydrogen (secondary N) is 1. The number of hydrogen-bond donors (Lipinski definition) is 1. The molecule has 0 fully saturated rings. The van der Waals surface area contributed by atoms with Crippen LogP contribution < -0.4 is 4.72 Å². The minimum atomic E-state index is -4.05. The van der Waals surface area contributed by atoms with Gasteiger partial charge in [-0.1, -0.05) is 23.2 Å². The molecule has 0 aromatic heterocycles. The van der Waals surface area contributed by atoms with E-state index in [9.17, 15) is 17.2 Å². The molecule has 2 aromatic carbocycles. The Morgan fingerprint density at radius 3 is 2.14 bits per heavy atom. The van der Waals surface area contributed by atoms with E-state index in [1.54, 1.807) is 0 Å². The molecule has 0 unspecified atom stereocenters. The van der Waals surface area contributed by atoms with Crippen LogP contribution in [0, 0.1) is 11.6 Å². The highest BCUT2D eigenvalue weighted by atomic mass is 79.9. The van der Waals surface area contributed by atoms with Crippen molar-refractivity contribution in [1.82, 2.24) is 0 Å². The lowest BCUT2D eigenvalue weighted by atomic mass is 10.3. The van der Waals surface area contributed by atoms with E-state index < -0.39 is 21.7 Å². The molecule has 0 atom stereocenters. The molecular weight excluding hydrogens is 411 g/mol. The van der Waals surface area contributed by atoms with Gasteiger partial charge in [-0.15, -0.1) is 0 Å². The van der Waals surface area contributed by atoms with E-state index in [2.05, 4.69) is 20.7 Å². The summed E-state index contributed by atoms with van der Waals surface area (Å²) in [5, 5.41) is -0.663. The van der Waals surface area contributed by atoms with Crippen molar-refractivity contribution in [3.05, 3.63) is 56.5 Å². The summed E-state index contributed by atoms with van der Waals surface area (Å²) in [7, 11) is -4.05. The van der Waals surface area contributed by atoms with E-state index in [1.807, 2.05) is 0 Å². The normalized spacial score (nSPS) is 11.5. The molecule has 112 valence electrons. The quantitative estimate of drug-likeness (QED) is 0.728. The van der Waals surface area contributed by atoms with Crippen LogP contribution in [0.1, 0.15) is 0 Å². The highest BCUT2D eigenvalue weighted by Crippen LogP contribution is 2.29. The standard InChI is InChI=1S/C12H6BrCl2F2NO2S/c13-8-2-1-7(5-11(8)16)21(19,20)18-6-3-9(14)12(17)10(15)4-6/h1-5,18H. The minimum Gasteiger partial charge on any atom is -0.280 e. The summed E-state index contributed by atoms with van der Waals surface area (Å²) >= 11 is 14.1.